The van der Waals surface area contributed by atoms with Gasteiger partial charge in [0.25, 0.3) is 0 Å². The first-order chi connectivity index (χ1) is 11.0. The Morgan fingerprint density at radius 3 is 2.65 bits per heavy atom. The fourth-order valence-corrected chi connectivity index (χ4v) is 2.41. The van der Waals surface area contributed by atoms with Crippen molar-refractivity contribution in [1.29, 1.82) is 0 Å². The van der Waals surface area contributed by atoms with Crippen molar-refractivity contribution in [3.8, 4) is 0 Å². The minimum atomic E-state index is -1.46. The lowest BCUT2D eigenvalue weighted by Gasteiger charge is -2.10. The molecule has 0 atom stereocenters. The first kappa shape index (κ1) is 15.1. The number of aromatic nitrogens is 2. The molecule has 0 saturated heterocycles. The Morgan fingerprint density at radius 2 is 1.87 bits per heavy atom. The van der Waals surface area contributed by atoms with Gasteiger partial charge in [-0.3, -0.25) is 0 Å². The van der Waals surface area contributed by atoms with Crippen LogP contribution in [0.2, 0.25) is 0 Å². The van der Waals surface area contributed by atoms with E-state index in [1.807, 2.05) is 18.2 Å². The highest BCUT2D eigenvalue weighted by Gasteiger charge is 2.14. The Hall–Kier alpha value is -2.76. The Kier molecular flexibility index (Phi) is 4.06. The zero-order chi connectivity index (χ0) is 16.4. The van der Waals surface area contributed by atoms with Gasteiger partial charge in [0.1, 0.15) is 5.82 Å². The molecule has 0 spiro atoms. The number of hydrogen-bond acceptors (Lipinski definition) is 2. The molecule has 0 saturated carbocycles. The molecule has 0 aliphatic carbocycles. The van der Waals surface area contributed by atoms with E-state index in [1.54, 1.807) is 23.0 Å². The van der Waals surface area contributed by atoms with Crippen molar-refractivity contribution in [2.75, 3.05) is 5.73 Å². The van der Waals surface area contributed by atoms with Crippen LogP contribution in [0, 0.1) is 17.5 Å². The molecule has 3 rings (SSSR count). The molecule has 0 aliphatic heterocycles. The number of anilines is 1. The summed E-state index contributed by atoms with van der Waals surface area (Å²) in [4.78, 5) is 4.24. The molecule has 0 unspecified atom stereocenters. The molecule has 0 aliphatic rings. The molecule has 118 valence electrons. The van der Waals surface area contributed by atoms with Gasteiger partial charge in [0.2, 0.25) is 0 Å². The molecular formula is C17H14F3N3. The van der Waals surface area contributed by atoms with Gasteiger partial charge in [-0.05, 0) is 23.8 Å². The minimum Gasteiger partial charge on any atom is -0.399 e. The van der Waals surface area contributed by atoms with Crippen LogP contribution in [0.15, 0.2) is 48.8 Å². The predicted octanol–water partition coefficient (Wildman–Crippen LogP) is 3.52. The van der Waals surface area contributed by atoms with Gasteiger partial charge in [-0.25, -0.2) is 18.2 Å². The van der Waals surface area contributed by atoms with E-state index < -0.39 is 17.5 Å². The van der Waals surface area contributed by atoms with Gasteiger partial charge in [0.15, 0.2) is 17.5 Å². The summed E-state index contributed by atoms with van der Waals surface area (Å²) < 4.78 is 41.8. The lowest BCUT2D eigenvalue weighted by Crippen LogP contribution is -2.08. The second kappa shape index (κ2) is 6.16. The van der Waals surface area contributed by atoms with Crippen LogP contribution in [0.25, 0.3) is 0 Å². The van der Waals surface area contributed by atoms with Crippen LogP contribution in [-0.4, -0.2) is 9.55 Å². The molecule has 0 radical (unpaired) electrons. The Balaban J connectivity index is 1.86. The summed E-state index contributed by atoms with van der Waals surface area (Å²) >= 11 is 0. The van der Waals surface area contributed by atoms with Crippen molar-refractivity contribution in [2.24, 2.45) is 0 Å². The van der Waals surface area contributed by atoms with Crippen LogP contribution in [0.3, 0.4) is 0 Å². The van der Waals surface area contributed by atoms with Crippen molar-refractivity contribution >= 4 is 5.69 Å². The molecular weight excluding hydrogens is 303 g/mol. The third-order valence-electron chi connectivity index (χ3n) is 3.57. The monoisotopic (exact) mass is 317 g/mol. The average molecular weight is 317 g/mol. The van der Waals surface area contributed by atoms with E-state index >= 15 is 0 Å². The highest BCUT2D eigenvalue weighted by molar-refractivity contribution is 5.41. The van der Waals surface area contributed by atoms with E-state index in [1.165, 1.54) is 6.07 Å². The van der Waals surface area contributed by atoms with Crippen LogP contribution < -0.4 is 5.73 Å². The summed E-state index contributed by atoms with van der Waals surface area (Å²) in [6.45, 7) is 0.0701. The number of imidazole rings is 1. The molecule has 0 amide bonds. The molecule has 0 fully saturated rings. The van der Waals surface area contributed by atoms with Crippen molar-refractivity contribution < 1.29 is 13.2 Å². The largest absolute Gasteiger partial charge is 0.399 e. The fraction of sp³-hybridized carbons (Fsp3) is 0.118. The van der Waals surface area contributed by atoms with Gasteiger partial charge in [-0.1, -0.05) is 18.2 Å². The third-order valence-corrected chi connectivity index (χ3v) is 3.57. The summed E-state index contributed by atoms with van der Waals surface area (Å²) in [5.41, 5.74) is 7.42. The minimum absolute atomic E-state index is 0.0655. The van der Waals surface area contributed by atoms with Crippen molar-refractivity contribution in [2.45, 2.75) is 13.0 Å². The maximum absolute atomic E-state index is 13.8. The van der Waals surface area contributed by atoms with Crippen molar-refractivity contribution in [3.05, 3.63) is 83.2 Å². The molecule has 0 bridgehead atoms. The second-order valence-electron chi connectivity index (χ2n) is 5.23. The standard InChI is InChI=1S/C17H14F3N3/c18-14-5-4-12(16(19)17(14)20)10-23-7-6-22-15(23)9-11-2-1-3-13(21)8-11/h1-8H,9-10,21H2. The summed E-state index contributed by atoms with van der Waals surface area (Å²) in [6, 6.07) is 9.52. The number of rotatable bonds is 4. The number of nitrogens with zero attached hydrogens (tertiary/aromatic N) is 2. The number of benzene rings is 2. The molecule has 23 heavy (non-hydrogen) atoms. The van der Waals surface area contributed by atoms with Gasteiger partial charge < -0.3 is 10.3 Å². The lowest BCUT2D eigenvalue weighted by molar-refractivity contribution is 0.439. The normalized spacial score (nSPS) is 10.9. The van der Waals surface area contributed by atoms with Gasteiger partial charge in [-0.2, -0.15) is 0 Å². The number of nitrogens with two attached hydrogens (primary N) is 1. The number of nitrogen functional groups attached to an aromatic ring is 1. The molecule has 3 nitrogen and oxygen atoms in total. The van der Waals surface area contributed by atoms with Crippen LogP contribution >= 0.6 is 0 Å². The van der Waals surface area contributed by atoms with E-state index in [2.05, 4.69) is 4.98 Å². The van der Waals surface area contributed by atoms with Crippen LogP contribution in [0.5, 0.6) is 0 Å². The SMILES string of the molecule is Nc1cccc(Cc2nccn2Cc2ccc(F)c(F)c2F)c1. The highest BCUT2D eigenvalue weighted by Crippen LogP contribution is 2.18. The van der Waals surface area contributed by atoms with E-state index in [9.17, 15) is 13.2 Å². The van der Waals surface area contributed by atoms with Crippen molar-refractivity contribution in [3.63, 3.8) is 0 Å². The quantitative estimate of drug-likeness (QED) is 0.591. The van der Waals surface area contributed by atoms with Gasteiger partial charge in [0, 0.05) is 30.1 Å². The smallest absolute Gasteiger partial charge is 0.194 e. The molecule has 1 heterocycles. The summed E-state index contributed by atoms with van der Waals surface area (Å²) in [6.07, 6.45) is 3.76. The fourth-order valence-electron chi connectivity index (χ4n) is 2.41. The Bertz CT molecular complexity index is 843. The Labute approximate surface area is 131 Å². The molecule has 1 aromatic heterocycles. The van der Waals surface area contributed by atoms with E-state index in [0.29, 0.717) is 17.9 Å². The molecule has 2 aromatic carbocycles. The van der Waals surface area contributed by atoms with Crippen molar-refractivity contribution in [1.82, 2.24) is 9.55 Å². The van der Waals surface area contributed by atoms with Crippen LogP contribution in [-0.2, 0) is 13.0 Å². The van der Waals surface area contributed by atoms with E-state index in [4.69, 9.17) is 5.73 Å². The van der Waals surface area contributed by atoms with Gasteiger partial charge in [0.05, 0.1) is 6.54 Å². The maximum Gasteiger partial charge on any atom is 0.194 e. The summed E-state index contributed by atoms with van der Waals surface area (Å²) in [5, 5.41) is 0. The number of hydrogen-bond donors (Lipinski definition) is 1. The molecule has 2 N–H and O–H groups in total. The molecule has 3 aromatic rings. The zero-order valence-corrected chi connectivity index (χ0v) is 12.1. The van der Waals surface area contributed by atoms with Gasteiger partial charge in [-0.15, -0.1) is 0 Å². The van der Waals surface area contributed by atoms with Crippen LogP contribution in [0.1, 0.15) is 17.0 Å². The summed E-state index contributed by atoms with van der Waals surface area (Å²) in [5.74, 6) is -3.15. The average Bonchev–Trinajstić information content (AvgIpc) is 2.95. The lowest BCUT2D eigenvalue weighted by atomic mass is 10.1. The third kappa shape index (κ3) is 3.21. The van der Waals surface area contributed by atoms with E-state index in [0.717, 1.165) is 11.6 Å². The topological polar surface area (TPSA) is 43.8 Å². The Morgan fingerprint density at radius 1 is 1.04 bits per heavy atom. The highest BCUT2D eigenvalue weighted by atomic mass is 19.2. The molecule has 6 heteroatoms. The number of halogens is 3. The first-order valence-corrected chi connectivity index (χ1v) is 7.01. The predicted molar refractivity (Wildman–Crippen MR) is 81.3 cm³/mol. The zero-order valence-electron chi connectivity index (χ0n) is 12.1. The second-order valence-corrected chi connectivity index (χ2v) is 5.23. The maximum atomic E-state index is 13.8. The van der Waals surface area contributed by atoms with Crippen LogP contribution in [0.4, 0.5) is 18.9 Å². The summed E-state index contributed by atoms with van der Waals surface area (Å²) in [7, 11) is 0. The van der Waals surface area contributed by atoms with E-state index in [-0.39, 0.29) is 12.1 Å². The first-order valence-electron chi connectivity index (χ1n) is 7.01. The van der Waals surface area contributed by atoms with Gasteiger partial charge >= 0.3 is 0 Å².